The number of hydrogen-bond acceptors (Lipinski definition) is 4. The molecule has 5 heteroatoms. The third-order valence-corrected chi connectivity index (χ3v) is 5.07. The third kappa shape index (κ3) is 3.15. The van der Waals surface area contributed by atoms with Gasteiger partial charge in [0.05, 0.1) is 14.2 Å². The molecule has 5 nitrogen and oxygen atoms in total. The Hall–Kier alpha value is -1.75. The number of hydrogen-bond donors (Lipinski definition) is 1. The third-order valence-electron chi connectivity index (χ3n) is 5.07. The van der Waals surface area contributed by atoms with Gasteiger partial charge in [0, 0.05) is 31.6 Å². The van der Waals surface area contributed by atoms with Gasteiger partial charge in [-0.1, -0.05) is 6.92 Å². The molecule has 2 atom stereocenters. The molecule has 126 valence electrons. The van der Waals surface area contributed by atoms with Crippen LogP contribution in [-0.2, 0) is 11.2 Å². The molecule has 2 unspecified atom stereocenters. The van der Waals surface area contributed by atoms with E-state index in [1.807, 2.05) is 6.92 Å². The predicted molar refractivity (Wildman–Crippen MR) is 89.0 cm³/mol. The van der Waals surface area contributed by atoms with Gasteiger partial charge in [-0.25, -0.2) is 0 Å². The summed E-state index contributed by atoms with van der Waals surface area (Å²) in [5.74, 6) is 1.73. The van der Waals surface area contributed by atoms with E-state index in [0.717, 1.165) is 43.9 Å². The number of amides is 1. The van der Waals surface area contributed by atoms with E-state index >= 15 is 0 Å². The largest absolute Gasteiger partial charge is 0.493 e. The van der Waals surface area contributed by atoms with Crippen molar-refractivity contribution in [1.82, 2.24) is 10.2 Å². The zero-order chi connectivity index (χ0) is 16.4. The van der Waals surface area contributed by atoms with Crippen LogP contribution in [0, 0.1) is 0 Å². The Kier molecular flexibility index (Phi) is 4.76. The van der Waals surface area contributed by atoms with Crippen molar-refractivity contribution in [2.75, 3.05) is 27.3 Å². The van der Waals surface area contributed by atoms with Crippen LogP contribution < -0.4 is 14.8 Å². The summed E-state index contributed by atoms with van der Waals surface area (Å²) in [4.78, 5) is 14.2. The highest BCUT2D eigenvalue weighted by atomic mass is 16.5. The van der Waals surface area contributed by atoms with Gasteiger partial charge in [-0.05, 0) is 42.5 Å². The molecule has 0 spiro atoms. The van der Waals surface area contributed by atoms with Gasteiger partial charge in [0.2, 0.25) is 5.91 Å². The van der Waals surface area contributed by atoms with E-state index in [0.29, 0.717) is 12.5 Å². The van der Waals surface area contributed by atoms with Gasteiger partial charge in [0.15, 0.2) is 11.5 Å². The fraction of sp³-hybridized carbons (Fsp3) is 0.611. The van der Waals surface area contributed by atoms with E-state index in [4.69, 9.17) is 9.47 Å². The summed E-state index contributed by atoms with van der Waals surface area (Å²) in [6.07, 6.45) is 3.59. The van der Waals surface area contributed by atoms with Crippen molar-refractivity contribution < 1.29 is 14.3 Å². The first-order valence-electron chi connectivity index (χ1n) is 8.44. The number of methoxy groups -OCH3 is 2. The molecule has 0 bridgehead atoms. The number of piperidine rings is 1. The van der Waals surface area contributed by atoms with E-state index in [-0.39, 0.29) is 11.9 Å². The Morgan fingerprint density at radius 1 is 1.26 bits per heavy atom. The summed E-state index contributed by atoms with van der Waals surface area (Å²) >= 11 is 0. The second-order valence-corrected chi connectivity index (χ2v) is 6.35. The van der Waals surface area contributed by atoms with Crippen LogP contribution >= 0.6 is 0 Å². The monoisotopic (exact) mass is 318 g/mol. The summed E-state index contributed by atoms with van der Waals surface area (Å²) < 4.78 is 10.9. The molecular formula is C18H26N2O3. The summed E-state index contributed by atoms with van der Waals surface area (Å²) in [6.45, 7) is 4.01. The van der Waals surface area contributed by atoms with Gasteiger partial charge in [0.1, 0.15) is 0 Å². The Labute approximate surface area is 137 Å². The molecule has 2 heterocycles. The molecule has 1 aromatic rings. The number of nitrogens with zero attached hydrogens (tertiary/aromatic N) is 1. The van der Waals surface area contributed by atoms with Crippen molar-refractivity contribution in [2.45, 2.75) is 44.7 Å². The first-order chi connectivity index (χ1) is 11.2. The Bertz CT molecular complexity index is 588. The topological polar surface area (TPSA) is 50.8 Å². The van der Waals surface area contributed by atoms with Crippen molar-refractivity contribution in [1.29, 1.82) is 0 Å². The average Bonchev–Trinajstić information content (AvgIpc) is 2.60. The van der Waals surface area contributed by atoms with Crippen LogP contribution in [0.15, 0.2) is 12.1 Å². The fourth-order valence-electron chi connectivity index (χ4n) is 3.79. The molecule has 2 aliphatic rings. The van der Waals surface area contributed by atoms with Crippen LogP contribution in [0.3, 0.4) is 0 Å². The zero-order valence-corrected chi connectivity index (χ0v) is 14.2. The Morgan fingerprint density at radius 3 is 2.70 bits per heavy atom. The smallest absolute Gasteiger partial charge is 0.219 e. The van der Waals surface area contributed by atoms with Gasteiger partial charge < -0.3 is 14.8 Å². The lowest BCUT2D eigenvalue weighted by Gasteiger charge is -2.43. The van der Waals surface area contributed by atoms with Crippen LogP contribution in [0.5, 0.6) is 11.5 Å². The van der Waals surface area contributed by atoms with Crippen LogP contribution in [0.1, 0.15) is 43.4 Å². The Balaban J connectivity index is 1.86. The summed E-state index contributed by atoms with van der Waals surface area (Å²) in [5.41, 5.74) is 2.66. The molecular weight excluding hydrogens is 292 g/mol. The number of carbonyl (C=O) groups is 1. The summed E-state index contributed by atoms with van der Waals surface area (Å²) in [7, 11) is 3.35. The molecule has 3 rings (SSSR count). The first-order valence-corrected chi connectivity index (χ1v) is 8.44. The highest BCUT2D eigenvalue weighted by Gasteiger charge is 2.34. The maximum absolute atomic E-state index is 11.7. The second-order valence-electron chi connectivity index (χ2n) is 6.35. The number of rotatable bonds is 4. The van der Waals surface area contributed by atoms with Gasteiger partial charge in [-0.2, -0.15) is 0 Å². The molecule has 2 aliphatic heterocycles. The molecule has 1 fully saturated rings. The highest BCUT2D eigenvalue weighted by molar-refractivity contribution is 5.75. The van der Waals surface area contributed by atoms with E-state index in [9.17, 15) is 4.79 Å². The molecule has 1 N–H and O–H groups in total. The molecule has 23 heavy (non-hydrogen) atoms. The first kappa shape index (κ1) is 16.1. The summed E-state index contributed by atoms with van der Waals surface area (Å²) in [6, 6.07) is 4.85. The minimum absolute atomic E-state index is 0.145. The van der Waals surface area contributed by atoms with Gasteiger partial charge in [-0.15, -0.1) is 0 Å². The molecule has 0 radical (unpaired) electrons. The zero-order valence-electron chi connectivity index (χ0n) is 14.2. The minimum Gasteiger partial charge on any atom is -0.493 e. The van der Waals surface area contributed by atoms with Crippen molar-refractivity contribution in [3.05, 3.63) is 23.3 Å². The second kappa shape index (κ2) is 6.79. The Morgan fingerprint density at radius 2 is 2.00 bits per heavy atom. The van der Waals surface area contributed by atoms with E-state index in [2.05, 4.69) is 22.3 Å². The lowest BCUT2D eigenvalue weighted by molar-refractivity contribution is -0.122. The summed E-state index contributed by atoms with van der Waals surface area (Å²) in [5, 5.41) is 3.16. The normalized spacial score (nSPS) is 23.6. The number of carbonyl (C=O) groups excluding carboxylic acids is 1. The molecule has 0 aliphatic carbocycles. The SMILES string of the molecule is CCC(=O)NC1CCN2CCc3cc(OC)c(OC)cc3C2C1. The van der Waals surface area contributed by atoms with Gasteiger partial charge in [0.25, 0.3) is 0 Å². The molecule has 0 saturated carbocycles. The predicted octanol–water partition coefficient (Wildman–Crippen LogP) is 2.29. The van der Waals surface area contributed by atoms with Crippen LogP contribution in [0.2, 0.25) is 0 Å². The van der Waals surface area contributed by atoms with Crippen molar-refractivity contribution in [3.63, 3.8) is 0 Å². The maximum atomic E-state index is 11.7. The average molecular weight is 318 g/mol. The van der Waals surface area contributed by atoms with E-state index < -0.39 is 0 Å². The number of ether oxygens (including phenoxy) is 2. The fourth-order valence-corrected chi connectivity index (χ4v) is 3.79. The van der Waals surface area contributed by atoms with Crippen LogP contribution in [0.25, 0.3) is 0 Å². The molecule has 1 aromatic carbocycles. The number of nitrogens with one attached hydrogen (secondary N) is 1. The highest BCUT2D eigenvalue weighted by Crippen LogP contribution is 2.41. The minimum atomic E-state index is 0.145. The standard InChI is InChI=1S/C18H26N2O3/c1-4-18(21)19-13-6-8-20-7-5-12-9-16(22-2)17(23-3)11-14(12)15(20)10-13/h9,11,13,15H,4-8,10H2,1-3H3,(H,19,21). The quantitative estimate of drug-likeness (QED) is 0.925. The lowest BCUT2D eigenvalue weighted by atomic mass is 9.84. The lowest BCUT2D eigenvalue weighted by Crippen LogP contribution is -2.48. The van der Waals surface area contributed by atoms with Crippen molar-refractivity contribution in [2.24, 2.45) is 0 Å². The number of benzene rings is 1. The van der Waals surface area contributed by atoms with Gasteiger partial charge in [-0.3, -0.25) is 9.69 Å². The van der Waals surface area contributed by atoms with Crippen LogP contribution in [-0.4, -0.2) is 44.2 Å². The van der Waals surface area contributed by atoms with Crippen molar-refractivity contribution >= 4 is 5.91 Å². The van der Waals surface area contributed by atoms with E-state index in [1.165, 1.54) is 11.1 Å². The maximum Gasteiger partial charge on any atom is 0.219 e. The van der Waals surface area contributed by atoms with Gasteiger partial charge >= 0.3 is 0 Å². The van der Waals surface area contributed by atoms with Crippen molar-refractivity contribution in [3.8, 4) is 11.5 Å². The molecule has 0 aromatic heterocycles. The van der Waals surface area contributed by atoms with E-state index in [1.54, 1.807) is 14.2 Å². The number of fused-ring (bicyclic) bond motifs is 3. The molecule has 1 amide bonds. The van der Waals surface area contributed by atoms with Crippen LogP contribution in [0.4, 0.5) is 0 Å². The molecule has 1 saturated heterocycles.